The standard InChI is InChI=1S/C21H31N3O3/c1-3-27-21(26)24-14-12-23(13-15-24)20(25)19-8-10-22(11-9-19)16-18-6-4-17(2)5-7-18/h4-7,19H,3,8-16H2,1-2H3. The average molecular weight is 373 g/mol. The lowest BCUT2D eigenvalue weighted by molar-refractivity contribution is -0.138. The minimum Gasteiger partial charge on any atom is -0.450 e. The number of likely N-dealkylation sites (tertiary alicyclic amines) is 1. The number of hydrogen-bond acceptors (Lipinski definition) is 4. The third kappa shape index (κ3) is 5.22. The summed E-state index contributed by atoms with van der Waals surface area (Å²) in [5.41, 5.74) is 2.62. The molecule has 0 saturated carbocycles. The fraction of sp³-hybridized carbons (Fsp3) is 0.619. The molecular weight excluding hydrogens is 342 g/mol. The van der Waals surface area contributed by atoms with Crippen LogP contribution in [0, 0.1) is 12.8 Å². The second-order valence-corrected chi connectivity index (χ2v) is 7.55. The van der Waals surface area contributed by atoms with Gasteiger partial charge in [0.15, 0.2) is 0 Å². The lowest BCUT2D eigenvalue weighted by atomic mass is 9.94. The van der Waals surface area contributed by atoms with Crippen LogP contribution >= 0.6 is 0 Å². The summed E-state index contributed by atoms with van der Waals surface area (Å²) in [6, 6.07) is 8.69. The number of amides is 2. The molecule has 0 unspecified atom stereocenters. The Morgan fingerprint density at radius 3 is 2.15 bits per heavy atom. The highest BCUT2D eigenvalue weighted by Crippen LogP contribution is 2.22. The Kier molecular flexibility index (Phi) is 6.72. The van der Waals surface area contributed by atoms with Gasteiger partial charge < -0.3 is 14.5 Å². The van der Waals surface area contributed by atoms with Crippen LogP contribution in [0.4, 0.5) is 4.79 Å². The van der Waals surface area contributed by atoms with Gasteiger partial charge in [0.1, 0.15) is 0 Å². The zero-order valence-corrected chi connectivity index (χ0v) is 16.5. The van der Waals surface area contributed by atoms with E-state index in [4.69, 9.17) is 4.74 Å². The number of ether oxygens (including phenoxy) is 1. The summed E-state index contributed by atoms with van der Waals surface area (Å²) in [5.74, 6) is 0.377. The summed E-state index contributed by atoms with van der Waals surface area (Å²) in [4.78, 5) is 30.7. The highest BCUT2D eigenvalue weighted by Gasteiger charge is 2.31. The van der Waals surface area contributed by atoms with E-state index in [1.165, 1.54) is 11.1 Å². The minimum absolute atomic E-state index is 0.119. The van der Waals surface area contributed by atoms with E-state index in [0.717, 1.165) is 32.5 Å². The largest absolute Gasteiger partial charge is 0.450 e. The number of benzene rings is 1. The first-order chi connectivity index (χ1) is 13.1. The molecule has 2 saturated heterocycles. The molecule has 148 valence electrons. The fourth-order valence-corrected chi connectivity index (χ4v) is 3.87. The van der Waals surface area contributed by atoms with Crippen LogP contribution in [-0.2, 0) is 16.1 Å². The maximum Gasteiger partial charge on any atom is 0.409 e. The average Bonchev–Trinajstić information content (AvgIpc) is 2.70. The third-order valence-corrected chi connectivity index (χ3v) is 5.58. The SMILES string of the molecule is CCOC(=O)N1CCN(C(=O)C2CCN(Cc3ccc(C)cc3)CC2)CC1. The van der Waals surface area contributed by atoms with Crippen molar-refractivity contribution in [1.29, 1.82) is 0 Å². The number of aryl methyl sites for hydroxylation is 1. The van der Waals surface area contributed by atoms with Gasteiger partial charge in [-0.15, -0.1) is 0 Å². The number of hydrogen-bond donors (Lipinski definition) is 0. The van der Waals surface area contributed by atoms with Crippen molar-refractivity contribution in [3.8, 4) is 0 Å². The molecule has 2 aliphatic heterocycles. The predicted molar refractivity (Wildman–Crippen MR) is 104 cm³/mol. The fourth-order valence-electron chi connectivity index (χ4n) is 3.87. The molecule has 6 nitrogen and oxygen atoms in total. The van der Waals surface area contributed by atoms with Crippen molar-refractivity contribution in [2.24, 2.45) is 5.92 Å². The van der Waals surface area contributed by atoms with Crippen molar-refractivity contribution in [1.82, 2.24) is 14.7 Å². The topological polar surface area (TPSA) is 53.1 Å². The Bertz CT molecular complexity index is 631. The molecule has 2 amide bonds. The molecule has 3 rings (SSSR count). The Balaban J connectivity index is 1.42. The summed E-state index contributed by atoms with van der Waals surface area (Å²) < 4.78 is 5.04. The Hall–Kier alpha value is -2.08. The first kappa shape index (κ1) is 19.7. The number of piperazine rings is 1. The van der Waals surface area contributed by atoms with Gasteiger partial charge >= 0.3 is 6.09 Å². The van der Waals surface area contributed by atoms with Crippen molar-refractivity contribution in [3.05, 3.63) is 35.4 Å². The molecule has 0 N–H and O–H groups in total. The molecule has 0 spiro atoms. The molecule has 1 aromatic rings. The van der Waals surface area contributed by atoms with Crippen LogP contribution in [0.5, 0.6) is 0 Å². The first-order valence-electron chi connectivity index (χ1n) is 10.0. The van der Waals surface area contributed by atoms with Gasteiger partial charge in [-0.3, -0.25) is 9.69 Å². The summed E-state index contributed by atoms with van der Waals surface area (Å²) in [6.07, 6.45) is 1.57. The molecule has 27 heavy (non-hydrogen) atoms. The number of carbonyl (C=O) groups excluding carboxylic acids is 2. The van der Waals surface area contributed by atoms with E-state index in [0.29, 0.717) is 32.8 Å². The van der Waals surface area contributed by atoms with Crippen LogP contribution in [0.2, 0.25) is 0 Å². The molecule has 2 heterocycles. The number of piperidine rings is 1. The lowest BCUT2D eigenvalue weighted by Gasteiger charge is -2.38. The molecule has 0 atom stereocenters. The van der Waals surface area contributed by atoms with Gasteiger partial charge in [0, 0.05) is 38.6 Å². The molecule has 0 bridgehead atoms. The maximum absolute atomic E-state index is 12.8. The van der Waals surface area contributed by atoms with E-state index in [1.807, 2.05) is 11.8 Å². The second-order valence-electron chi connectivity index (χ2n) is 7.55. The third-order valence-electron chi connectivity index (χ3n) is 5.58. The van der Waals surface area contributed by atoms with Gasteiger partial charge in [0.05, 0.1) is 6.61 Å². The highest BCUT2D eigenvalue weighted by atomic mass is 16.6. The summed E-state index contributed by atoms with van der Waals surface area (Å²) >= 11 is 0. The Morgan fingerprint density at radius 1 is 0.963 bits per heavy atom. The Labute approximate surface area is 162 Å². The number of nitrogens with zero attached hydrogens (tertiary/aromatic N) is 3. The molecular formula is C21H31N3O3. The lowest BCUT2D eigenvalue weighted by Crippen LogP contribution is -2.53. The first-order valence-corrected chi connectivity index (χ1v) is 10.0. The molecule has 0 radical (unpaired) electrons. The summed E-state index contributed by atoms with van der Waals surface area (Å²) in [7, 11) is 0. The van der Waals surface area contributed by atoms with Gasteiger partial charge in [-0.05, 0) is 45.3 Å². The zero-order valence-electron chi connectivity index (χ0n) is 16.5. The smallest absolute Gasteiger partial charge is 0.409 e. The van der Waals surface area contributed by atoms with E-state index in [-0.39, 0.29) is 17.9 Å². The van der Waals surface area contributed by atoms with E-state index < -0.39 is 0 Å². The van der Waals surface area contributed by atoms with Crippen molar-refractivity contribution >= 4 is 12.0 Å². The van der Waals surface area contributed by atoms with E-state index >= 15 is 0 Å². The van der Waals surface area contributed by atoms with Gasteiger partial charge in [-0.25, -0.2) is 4.79 Å². The van der Waals surface area contributed by atoms with Crippen LogP contribution in [0.1, 0.15) is 30.9 Å². The number of rotatable bonds is 4. The monoisotopic (exact) mass is 373 g/mol. The van der Waals surface area contributed by atoms with Crippen LogP contribution in [0.3, 0.4) is 0 Å². The summed E-state index contributed by atoms with van der Waals surface area (Å²) in [6.45, 7) is 9.55. The molecule has 2 aliphatic rings. The molecule has 6 heteroatoms. The van der Waals surface area contributed by atoms with Crippen molar-refractivity contribution in [2.75, 3.05) is 45.9 Å². The predicted octanol–water partition coefficient (Wildman–Crippen LogP) is 2.51. The summed E-state index contributed by atoms with van der Waals surface area (Å²) in [5, 5.41) is 0. The van der Waals surface area contributed by atoms with Crippen molar-refractivity contribution in [2.45, 2.75) is 33.2 Å². The van der Waals surface area contributed by atoms with Crippen LogP contribution < -0.4 is 0 Å². The van der Waals surface area contributed by atoms with E-state index in [2.05, 4.69) is 36.1 Å². The van der Waals surface area contributed by atoms with Crippen molar-refractivity contribution in [3.63, 3.8) is 0 Å². The highest BCUT2D eigenvalue weighted by molar-refractivity contribution is 5.79. The molecule has 1 aromatic carbocycles. The van der Waals surface area contributed by atoms with Gasteiger partial charge in [-0.1, -0.05) is 29.8 Å². The van der Waals surface area contributed by atoms with Crippen LogP contribution in [0.15, 0.2) is 24.3 Å². The van der Waals surface area contributed by atoms with E-state index in [9.17, 15) is 9.59 Å². The van der Waals surface area contributed by atoms with Crippen molar-refractivity contribution < 1.29 is 14.3 Å². The van der Waals surface area contributed by atoms with Gasteiger partial charge in [-0.2, -0.15) is 0 Å². The quantitative estimate of drug-likeness (QED) is 0.814. The minimum atomic E-state index is -0.269. The normalized spacial score (nSPS) is 19.2. The molecule has 0 aliphatic carbocycles. The van der Waals surface area contributed by atoms with E-state index in [1.54, 1.807) is 4.90 Å². The number of carbonyl (C=O) groups is 2. The van der Waals surface area contributed by atoms with Crippen LogP contribution in [-0.4, -0.2) is 72.6 Å². The molecule has 0 aromatic heterocycles. The van der Waals surface area contributed by atoms with Gasteiger partial charge in [0.2, 0.25) is 5.91 Å². The maximum atomic E-state index is 12.8. The van der Waals surface area contributed by atoms with Crippen LogP contribution in [0.25, 0.3) is 0 Å². The zero-order chi connectivity index (χ0) is 19.2. The van der Waals surface area contributed by atoms with Gasteiger partial charge in [0.25, 0.3) is 0 Å². The second kappa shape index (κ2) is 9.22. The molecule has 2 fully saturated rings. The Morgan fingerprint density at radius 2 is 1.56 bits per heavy atom.